The SMILES string of the molecule is CC.CC.COc1cnc(-n2ncnc2C)c2[nH]cc(C(=O)C(=O)N3CCN(C(=O)c4ccccc4)[C@H](C)C3)c12.COc1cnc(-n2ncnc2C)c2[nH]cc(C(=O)C(=O)O)c12.C[C@@H]1CNCCN1C(=O)c1ccccc1.O=C(O)C(F)(F)F. The van der Waals surface area contributed by atoms with Crippen LogP contribution in [0.3, 0.4) is 0 Å². The number of aryl methyl sites for hydroxylation is 2. The molecular weight excluding hydrogens is 1100 g/mol. The second kappa shape index (κ2) is 29.7. The molecule has 84 heavy (non-hydrogen) atoms. The van der Waals surface area contributed by atoms with Gasteiger partial charge in [0.1, 0.15) is 35.8 Å². The Morgan fingerprint density at radius 1 is 0.619 bits per heavy atom. The molecular formula is C56H65F3N14O11. The first-order valence-corrected chi connectivity index (χ1v) is 26.3. The number of carbonyl (C=O) groups excluding carboxylic acids is 5. The second-order valence-electron chi connectivity index (χ2n) is 17.8. The molecule has 6 aromatic heterocycles. The van der Waals surface area contributed by atoms with Crippen molar-refractivity contribution in [2.24, 2.45) is 0 Å². The van der Waals surface area contributed by atoms with E-state index in [1.165, 1.54) is 61.2 Å². The summed E-state index contributed by atoms with van der Waals surface area (Å²) in [4.78, 5) is 111. The number of benzene rings is 2. The van der Waals surface area contributed by atoms with Crippen LogP contribution in [0.25, 0.3) is 33.4 Å². The van der Waals surface area contributed by atoms with E-state index in [2.05, 4.69) is 52.3 Å². The predicted octanol–water partition coefficient (Wildman–Crippen LogP) is 6.55. The van der Waals surface area contributed by atoms with Gasteiger partial charge in [-0.3, -0.25) is 24.0 Å². The molecule has 5 N–H and O–H groups in total. The summed E-state index contributed by atoms with van der Waals surface area (Å²) in [6, 6.07) is 18.5. The standard InChI is InChI=1S/C25H25N7O4.C13H11N5O4.C12H16N2O.C2HF3O2.2C2H6/c1-15-13-30(9-10-31(15)24(34)17-7-5-4-6-8-17)25(35)22(33)18-11-26-21-20(18)19(36-3)12-27-23(21)32-16(2)28-14-29-32;1-6-16-5-17-18(6)12-10-9(8(22-2)4-15-12)7(3-14-10)11(19)13(20)21;1-10-9-13-7-8-14(10)12(15)11-5-3-2-4-6-11;3-2(4,5)1(6)7;2*1-2/h4-8,11-12,14-15,26H,9-10,13H2,1-3H3;3-5,14H,1-2H3,(H,20,21);2-6,10,13H,7-9H2,1H3;(H,6,7);2*1-2H3/t15-;;10-;;;/m1.1.../s1. The number of alkyl halides is 3. The van der Waals surface area contributed by atoms with E-state index in [0.717, 1.165) is 25.2 Å². The number of aromatic nitrogens is 10. The number of fused-ring (bicyclic) bond motifs is 2. The predicted molar refractivity (Wildman–Crippen MR) is 301 cm³/mol. The van der Waals surface area contributed by atoms with E-state index in [1.54, 1.807) is 35.6 Å². The number of ether oxygens (including phenoxy) is 2. The summed E-state index contributed by atoms with van der Waals surface area (Å²) in [5.74, 6) is -3.88. The number of Topliss-reactive ketones (excluding diaryl/α,β-unsaturated/α-hetero) is 2. The number of hydrogen-bond donors (Lipinski definition) is 5. The van der Waals surface area contributed by atoms with Gasteiger partial charge in [-0.2, -0.15) is 32.7 Å². The van der Waals surface area contributed by atoms with Crippen molar-refractivity contribution >= 4 is 63.0 Å². The fourth-order valence-electron chi connectivity index (χ4n) is 8.67. The number of nitrogens with zero attached hydrogens (tertiary/aromatic N) is 11. The van der Waals surface area contributed by atoms with E-state index in [-0.39, 0.29) is 48.1 Å². The van der Waals surface area contributed by atoms with E-state index in [1.807, 2.05) is 88.0 Å². The maximum Gasteiger partial charge on any atom is 0.490 e. The molecule has 2 aliphatic rings. The number of ketones is 2. The molecule has 0 saturated carbocycles. The maximum atomic E-state index is 13.4. The summed E-state index contributed by atoms with van der Waals surface area (Å²) in [5, 5.41) is 28.4. The molecule has 2 atom stereocenters. The van der Waals surface area contributed by atoms with Crippen LogP contribution in [0.5, 0.6) is 11.5 Å². The number of rotatable bonds is 10. The van der Waals surface area contributed by atoms with Crippen molar-refractivity contribution in [2.75, 3.05) is 53.5 Å². The summed E-state index contributed by atoms with van der Waals surface area (Å²) >= 11 is 0. The lowest BCUT2D eigenvalue weighted by Gasteiger charge is -2.39. The molecule has 3 amide bonds. The zero-order valence-electron chi connectivity index (χ0n) is 47.8. The van der Waals surface area contributed by atoms with E-state index in [4.69, 9.17) is 24.5 Å². The number of H-pyrrole nitrogens is 2. The molecule has 0 unspecified atom stereocenters. The number of nitrogens with one attached hydrogen (secondary N) is 3. The molecule has 0 radical (unpaired) electrons. The zero-order valence-corrected chi connectivity index (χ0v) is 47.8. The minimum Gasteiger partial charge on any atom is -0.494 e. The molecule has 2 saturated heterocycles. The van der Waals surface area contributed by atoms with Gasteiger partial charge in [-0.25, -0.2) is 29.5 Å². The van der Waals surface area contributed by atoms with Crippen molar-refractivity contribution in [3.05, 3.63) is 132 Å². The van der Waals surface area contributed by atoms with Crippen LogP contribution in [0, 0.1) is 13.8 Å². The minimum absolute atomic E-state index is 0.000711. The van der Waals surface area contributed by atoms with Gasteiger partial charge in [0.15, 0.2) is 11.6 Å². The van der Waals surface area contributed by atoms with Crippen molar-refractivity contribution in [2.45, 2.75) is 73.6 Å². The largest absolute Gasteiger partial charge is 0.494 e. The topological polar surface area (TPSA) is 319 Å². The third-order valence-corrected chi connectivity index (χ3v) is 12.7. The van der Waals surface area contributed by atoms with Gasteiger partial charge in [0.05, 0.1) is 59.5 Å². The van der Waals surface area contributed by atoms with Crippen LogP contribution in [0.15, 0.2) is 98.1 Å². The summed E-state index contributed by atoms with van der Waals surface area (Å²) in [6.07, 6.45) is 3.41. The molecule has 0 aliphatic carbocycles. The Labute approximate surface area is 479 Å². The molecule has 2 fully saturated rings. The summed E-state index contributed by atoms with van der Waals surface area (Å²) < 4.78 is 45.4. The van der Waals surface area contributed by atoms with Crippen LogP contribution in [0.4, 0.5) is 13.2 Å². The van der Waals surface area contributed by atoms with Crippen LogP contribution in [-0.2, 0) is 14.4 Å². The van der Waals surface area contributed by atoms with Gasteiger partial charge in [-0.15, -0.1) is 0 Å². The van der Waals surface area contributed by atoms with Crippen molar-refractivity contribution in [3.63, 3.8) is 0 Å². The number of aliphatic carboxylic acids is 2. The van der Waals surface area contributed by atoms with Gasteiger partial charge < -0.3 is 49.7 Å². The molecule has 10 rings (SSSR count). The van der Waals surface area contributed by atoms with Gasteiger partial charge in [0.25, 0.3) is 29.3 Å². The quantitative estimate of drug-likeness (QED) is 0.0716. The highest BCUT2D eigenvalue weighted by atomic mass is 19.4. The fraction of sp³-hybridized carbons (Fsp3) is 0.339. The Morgan fingerprint density at radius 2 is 1.05 bits per heavy atom. The lowest BCUT2D eigenvalue weighted by atomic mass is 10.1. The van der Waals surface area contributed by atoms with Gasteiger partial charge in [-0.05, 0) is 52.0 Å². The van der Waals surface area contributed by atoms with E-state index >= 15 is 0 Å². The van der Waals surface area contributed by atoms with Gasteiger partial charge in [0, 0.05) is 74.9 Å². The van der Waals surface area contributed by atoms with Crippen LogP contribution in [0.2, 0.25) is 0 Å². The van der Waals surface area contributed by atoms with E-state index < -0.39 is 35.6 Å². The lowest BCUT2D eigenvalue weighted by Crippen LogP contribution is -2.56. The summed E-state index contributed by atoms with van der Waals surface area (Å²) in [5.41, 5.74) is 2.51. The lowest BCUT2D eigenvalue weighted by molar-refractivity contribution is -0.192. The van der Waals surface area contributed by atoms with Crippen molar-refractivity contribution in [1.29, 1.82) is 0 Å². The molecule has 446 valence electrons. The van der Waals surface area contributed by atoms with Gasteiger partial charge >= 0.3 is 18.1 Å². The third-order valence-electron chi connectivity index (χ3n) is 12.7. The molecule has 0 spiro atoms. The number of carbonyl (C=O) groups is 7. The first-order chi connectivity index (χ1) is 40.2. The number of amides is 3. The number of halogens is 3. The molecule has 2 aromatic carbocycles. The van der Waals surface area contributed by atoms with Crippen molar-refractivity contribution in [3.8, 4) is 23.1 Å². The number of pyridine rings is 2. The van der Waals surface area contributed by atoms with E-state index in [0.29, 0.717) is 68.7 Å². The monoisotopic (exact) mass is 1170 g/mol. The number of carboxylic acid groups (broad SMARTS) is 2. The van der Waals surface area contributed by atoms with Gasteiger partial charge in [-0.1, -0.05) is 64.1 Å². The van der Waals surface area contributed by atoms with Crippen LogP contribution in [0.1, 0.15) is 94.6 Å². The summed E-state index contributed by atoms with van der Waals surface area (Å²) in [6.45, 7) is 18.9. The number of carboxylic acids is 2. The Balaban J connectivity index is 0.000000228. The second-order valence-corrected chi connectivity index (χ2v) is 17.8. The molecule has 2 aliphatic heterocycles. The van der Waals surface area contributed by atoms with Crippen LogP contribution < -0.4 is 14.8 Å². The first-order valence-electron chi connectivity index (χ1n) is 26.3. The maximum absolute atomic E-state index is 13.4. The van der Waals surface area contributed by atoms with Crippen molar-refractivity contribution < 1.29 is 66.4 Å². The Morgan fingerprint density at radius 3 is 1.42 bits per heavy atom. The molecule has 0 bridgehead atoms. The third kappa shape index (κ3) is 15.0. The number of aromatic amines is 2. The number of hydrogen-bond acceptors (Lipinski definition) is 16. The molecule has 25 nitrogen and oxygen atoms in total. The zero-order chi connectivity index (χ0) is 62.0. The molecule has 28 heteroatoms. The van der Waals surface area contributed by atoms with Crippen LogP contribution in [-0.4, -0.2) is 187 Å². The molecule has 8 aromatic rings. The fourth-order valence-corrected chi connectivity index (χ4v) is 8.67. The highest BCUT2D eigenvalue weighted by molar-refractivity contribution is 6.45. The molecule has 8 heterocycles. The van der Waals surface area contributed by atoms with Crippen LogP contribution >= 0.6 is 0 Å². The van der Waals surface area contributed by atoms with Crippen molar-refractivity contribution in [1.82, 2.24) is 69.5 Å². The smallest absolute Gasteiger partial charge is 0.490 e. The normalized spacial score (nSPS) is 14.5. The first kappa shape index (κ1) is 65.0. The highest BCUT2D eigenvalue weighted by Gasteiger charge is 2.38. The van der Waals surface area contributed by atoms with E-state index in [9.17, 15) is 41.9 Å². The minimum atomic E-state index is -5.08. The Kier molecular flexibility index (Phi) is 23.0. The number of methoxy groups -OCH3 is 2. The average molecular weight is 1170 g/mol. The average Bonchev–Trinajstić information content (AvgIpc) is 4.51. The highest BCUT2D eigenvalue weighted by Crippen LogP contribution is 2.34. The number of piperazine rings is 2. The van der Waals surface area contributed by atoms with Gasteiger partial charge in [0.2, 0.25) is 0 Å². The Hall–Kier alpha value is -9.86. The summed E-state index contributed by atoms with van der Waals surface area (Å²) in [7, 11) is 2.89. The Bertz CT molecular complexity index is 3570.